The molecule has 96 valence electrons. The number of hydrogen-bond acceptors (Lipinski definition) is 3. The Bertz CT molecular complexity index is 179. The average Bonchev–Trinajstić information content (AvgIpc) is 2.44. The molecule has 3 nitrogen and oxygen atoms in total. The maximum absolute atomic E-state index is 11.7. The van der Waals surface area contributed by atoms with E-state index in [0.29, 0.717) is 12.6 Å². The first-order valence-electron chi connectivity index (χ1n) is 5.66. The smallest absolute Gasteiger partial charge is 0.371 e. The van der Waals surface area contributed by atoms with E-state index >= 15 is 0 Å². The van der Waals surface area contributed by atoms with Crippen molar-refractivity contribution in [3.63, 3.8) is 0 Å². The maximum atomic E-state index is 11.7. The molecule has 0 aliphatic carbocycles. The van der Waals surface area contributed by atoms with E-state index in [0.717, 1.165) is 32.4 Å². The van der Waals surface area contributed by atoms with Crippen LogP contribution in [0, 0.1) is 0 Å². The summed E-state index contributed by atoms with van der Waals surface area (Å²) in [7, 11) is 0. The largest absolute Gasteiger partial charge is 0.411 e. The van der Waals surface area contributed by atoms with Gasteiger partial charge in [-0.2, -0.15) is 13.2 Å². The molecule has 1 aliphatic rings. The molecule has 0 amide bonds. The van der Waals surface area contributed by atoms with Gasteiger partial charge in [0.15, 0.2) is 0 Å². The van der Waals surface area contributed by atoms with E-state index in [1.165, 1.54) is 0 Å². The monoisotopic (exact) mass is 240 g/mol. The van der Waals surface area contributed by atoms with Crippen LogP contribution in [-0.2, 0) is 4.74 Å². The van der Waals surface area contributed by atoms with Crippen LogP contribution >= 0.6 is 0 Å². The van der Waals surface area contributed by atoms with E-state index in [1.807, 2.05) is 0 Å². The van der Waals surface area contributed by atoms with Crippen LogP contribution in [0.15, 0.2) is 0 Å². The van der Waals surface area contributed by atoms with Crippen molar-refractivity contribution < 1.29 is 17.9 Å². The van der Waals surface area contributed by atoms with Crippen molar-refractivity contribution >= 4 is 0 Å². The molecule has 0 aromatic rings. The molecule has 1 unspecified atom stereocenters. The van der Waals surface area contributed by atoms with Gasteiger partial charge in [0.05, 0.1) is 6.61 Å². The quantitative estimate of drug-likeness (QED) is 0.711. The number of nitrogens with one attached hydrogen (secondary N) is 2. The Kier molecular flexibility index (Phi) is 6.08. The average molecular weight is 240 g/mol. The second-order valence-electron chi connectivity index (χ2n) is 4.00. The van der Waals surface area contributed by atoms with E-state index in [2.05, 4.69) is 15.4 Å². The van der Waals surface area contributed by atoms with Crippen molar-refractivity contribution in [1.82, 2.24) is 10.6 Å². The van der Waals surface area contributed by atoms with E-state index in [-0.39, 0.29) is 6.61 Å². The molecule has 1 aliphatic heterocycles. The summed E-state index contributed by atoms with van der Waals surface area (Å²) in [4.78, 5) is 0. The molecule has 1 heterocycles. The van der Waals surface area contributed by atoms with Crippen molar-refractivity contribution in [1.29, 1.82) is 0 Å². The van der Waals surface area contributed by atoms with Crippen LogP contribution in [0.25, 0.3) is 0 Å². The summed E-state index contributed by atoms with van der Waals surface area (Å²) in [5, 5.41) is 6.49. The lowest BCUT2D eigenvalue weighted by Gasteiger charge is -2.16. The number of halogens is 3. The fourth-order valence-corrected chi connectivity index (χ4v) is 1.75. The number of hydrogen-bond donors (Lipinski definition) is 2. The molecule has 16 heavy (non-hydrogen) atoms. The van der Waals surface area contributed by atoms with E-state index in [4.69, 9.17) is 0 Å². The molecule has 1 atom stereocenters. The highest BCUT2D eigenvalue weighted by molar-refractivity contribution is 4.72. The maximum Gasteiger partial charge on any atom is 0.411 e. The molecular weight excluding hydrogens is 221 g/mol. The Morgan fingerprint density at radius 2 is 2.06 bits per heavy atom. The molecule has 2 N–H and O–H groups in total. The zero-order chi connectivity index (χ0) is 11.9. The van der Waals surface area contributed by atoms with Crippen LogP contribution in [0.2, 0.25) is 0 Å². The topological polar surface area (TPSA) is 33.3 Å². The van der Waals surface area contributed by atoms with Gasteiger partial charge in [0.25, 0.3) is 0 Å². The summed E-state index contributed by atoms with van der Waals surface area (Å²) in [6.07, 6.45) is -1.00. The second-order valence-corrected chi connectivity index (χ2v) is 4.00. The van der Waals surface area contributed by atoms with Crippen molar-refractivity contribution in [2.24, 2.45) is 0 Å². The Hall–Kier alpha value is -0.330. The minimum atomic E-state index is -4.22. The minimum Gasteiger partial charge on any atom is -0.371 e. The van der Waals surface area contributed by atoms with Crippen LogP contribution < -0.4 is 10.6 Å². The van der Waals surface area contributed by atoms with Crippen LogP contribution in [-0.4, -0.2) is 45.1 Å². The first kappa shape index (κ1) is 13.7. The van der Waals surface area contributed by atoms with Gasteiger partial charge in [-0.15, -0.1) is 0 Å². The summed E-state index contributed by atoms with van der Waals surface area (Å²) in [5.41, 5.74) is 0. The van der Waals surface area contributed by atoms with Crippen LogP contribution in [0.4, 0.5) is 13.2 Å². The standard InChI is InChI=1S/C10H19F3N2O/c11-10(12,13)8-16-7-6-15-9-2-1-4-14-5-3-9/h9,14-15H,1-8H2. The number of ether oxygens (including phenoxy) is 1. The number of alkyl halides is 3. The molecule has 1 saturated heterocycles. The Labute approximate surface area is 93.7 Å². The fraction of sp³-hybridized carbons (Fsp3) is 1.00. The minimum absolute atomic E-state index is 0.115. The molecule has 6 heteroatoms. The summed E-state index contributed by atoms with van der Waals surface area (Å²) in [5.74, 6) is 0. The highest BCUT2D eigenvalue weighted by Crippen LogP contribution is 2.14. The first-order chi connectivity index (χ1) is 7.58. The Morgan fingerprint density at radius 1 is 1.25 bits per heavy atom. The second kappa shape index (κ2) is 7.09. The van der Waals surface area contributed by atoms with Crippen molar-refractivity contribution in [2.45, 2.75) is 31.5 Å². The van der Waals surface area contributed by atoms with E-state index in [9.17, 15) is 13.2 Å². The molecule has 0 aromatic carbocycles. The molecular formula is C10H19F3N2O. The predicted molar refractivity (Wildman–Crippen MR) is 55.4 cm³/mol. The third kappa shape index (κ3) is 7.03. The Balaban J connectivity index is 1.97. The van der Waals surface area contributed by atoms with Gasteiger partial charge in [-0.25, -0.2) is 0 Å². The number of rotatable bonds is 5. The summed E-state index contributed by atoms with van der Waals surface area (Å²) in [6, 6.07) is 0.407. The zero-order valence-electron chi connectivity index (χ0n) is 9.28. The zero-order valence-corrected chi connectivity index (χ0v) is 9.28. The van der Waals surface area contributed by atoms with E-state index < -0.39 is 12.8 Å². The van der Waals surface area contributed by atoms with Crippen LogP contribution in [0.3, 0.4) is 0 Å². The highest BCUT2D eigenvalue weighted by atomic mass is 19.4. The third-order valence-corrected chi connectivity index (χ3v) is 2.52. The predicted octanol–water partition coefficient (Wildman–Crippen LogP) is 1.30. The van der Waals surface area contributed by atoms with Gasteiger partial charge in [-0.3, -0.25) is 0 Å². The molecule has 0 bridgehead atoms. The van der Waals surface area contributed by atoms with Crippen molar-refractivity contribution in [3.8, 4) is 0 Å². The Morgan fingerprint density at radius 3 is 2.81 bits per heavy atom. The molecule has 1 fully saturated rings. The van der Waals surface area contributed by atoms with Gasteiger partial charge >= 0.3 is 6.18 Å². The van der Waals surface area contributed by atoms with Gasteiger partial charge in [-0.05, 0) is 32.4 Å². The van der Waals surface area contributed by atoms with Gasteiger partial charge < -0.3 is 15.4 Å². The molecule has 1 rings (SSSR count). The lowest BCUT2D eigenvalue weighted by atomic mass is 10.1. The van der Waals surface area contributed by atoms with Gasteiger partial charge in [0, 0.05) is 12.6 Å². The summed E-state index contributed by atoms with van der Waals surface area (Å²) in [6.45, 7) is 1.45. The molecule has 0 aromatic heterocycles. The lowest BCUT2D eigenvalue weighted by Crippen LogP contribution is -2.33. The SMILES string of the molecule is FC(F)(F)COCCNC1CCCNCC1. The van der Waals surface area contributed by atoms with Gasteiger partial charge in [0.1, 0.15) is 6.61 Å². The summed E-state index contributed by atoms with van der Waals surface area (Å²) < 4.78 is 39.7. The van der Waals surface area contributed by atoms with Crippen molar-refractivity contribution in [2.75, 3.05) is 32.8 Å². The van der Waals surface area contributed by atoms with Gasteiger partial charge in [0.2, 0.25) is 0 Å². The lowest BCUT2D eigenvalue weighted by molar-refractivity contribution is -0.173. The fourth-order valence-electron chi connectivity index (χ4n) is 1.75. The molecule has 0 spiro atoms. The van der Waals surface area contributed by atoms with Crippen LogP contribution in [0.5, 0.6) is 0 Å². The third-order valence-electron chi connectivity index (χ3n) is 2.52. The molecule has 0 radical (unpaired) electrons. The van der Waals surface area contributed by atoms with E-state index in [1.54, 1.807) is 0 Å². The molecule has 0 saturated carbocycles. The van der Waals surface area contributed by atoms with Crippen LogP contribution in [0.1, 0.15) is 19.3 Å². The highest BCUT2D eigenvalue weighted by Gasteiger charge is 2.27. The van der Waals surface area contributed by atoms with Crippen molar-refractivity contribution in [3.05, 3.63) is 0 Å². The normalized spacial score (nSPS) is 23.1. The first-order valence-corrected chi connectivity index (χ1v) is 5.66. The summed E-state index contributed by atoms with van der Waals surface area (Å²) >= 11 is 0. The van der Waals surface area contributed by atoms with Gasteiger partial charge in [-0.1, -0.05) is 0 Å².